The monoisotopic (exact) mass is 294 g/mol. The number of para-hydroxylation sites is 1. The molecule has 6 heteroatoms. The lowest BCUT2D eigenvalue weighted by Gasteiger charge is -2.22. The number of alkyl carbamates (subject to hydrolysis) is 1. The molecule has 1 atom stereocenters. The maximum atomic E-state index is 12.1. The largest absolute Gasteiger partial charge is 0.444 e. The summed E-state index contributed by atoms with van der Waals surface area (Å²) in [4.78, 5) is 24.8. The number of fused-ring (bicyclic) bond motifs is 1. The highest BCUT2D eigenvalue weighted by Crippen LogP contribution is 2.30. The second kappa shape index (κ2) is 5.75. The summed E-state index contributed by atoms with van der Waals surface area (Å²) in [7, 11) is 0. The maximum Gasteiger partial charge on any atom is 0.408 e. The van der Waals surface area contributed by atoms with Gasteiger partial charge in [-0.3, -0.25) is 4.79 Å². The Morgan fingerprint density at radius 1 is 1.40 bits per heavy atom. The molecule has 2 rings (SSSR count). The van der Waals surface area contributed by atoms with Gasteiger partial charge in [0.25, 0.3) is 0 Å². The molecule has 0 aliphatic carbocycles. The lowest BCUT2D eigenvalue weighted by atomic mass is 10.2. The van der Waals surface area contributed by atoms with E-state index in [0.29, 0.717) is 5.75 Å². The van der Waals surface area contributed by atoms with Gasteiger partial charge >= 0.3 is 6.09 Å². The third-order valence-corrected chi connectivity index (χ3v) is 3.72. The van der Waals surface area contributed by atoms with E-state index < -0.39 is 17.7 Å². The molecule has 0 saturated heterocycles. The van der Waals surface area contributed by atoms with Crippen molar-refractivity contribution >= 4 is 29.4 Å². The van der Waals surface area contributed by atoms with Gasteiger partial charge in [0, 0.05) is 10.6 Å². The number of amides is 2. The number of hydrogen-bond donors (Lipinski definition) is 2. The van der Waals surface area contributed by atoms with Crippen molar-refractivity contribution in [1.29, 1.82) is 0 Å². The molecular formula is C14H18N2O3S. The van der Waals surface area contributed by atoms with Crippen LogP contribution in [0, 0.1) is 0 Å². The third kappa shape index (κ3) is 3.90. The topological polar surface area (TPSA) is 67.4 Å². The summed E-state index contributed by atoms with van der Waals surface area (Å²) in [6, 6.07) is 6.95. The Labute approximate surface area is 122 Å². The fourth-order valence-electron chi connectivity index (χ4n) is 1.72. The van der Waals surface area contributed by atoms with Gasteiger partial charge in [-0.2, -0.15) is 0 Å². The molecule has 1 aliphatic rings. The lowest BCUT2D eigenvalue weighted by molar-refractivity contribution is -0.117. The van der Waals surface area contributed by atoms with Crippen LogP contribution in [0.15, 0.2) is 29.2 Å². The third-order valence-electron chi connectivity index (χ3n) is 2.56. The number of benzene rings is 1. The Morgan fingerprint density at radius 3 is 2.80 bits per heavy atom. The summed E-state index contributed by atoms with van der Waals surface area (Å²) in [5, 5.41) is 5.42. The number of anilines is 1. The molecule has 0 aromatic heterocycles. The van der Waals surface area contributed by atoms with Crippen molar-refractivity contribution in [1.82, 2.24) is 5.32 Å². The van der Waals surface area contributed by atoms with Crippen LogP contribution in [-0.4, -0.2) is 29.4 Å². The van der Waals surface area contributed by atoms with Crippen LogP contribution in [0.5, 0.6) is 0 Å². The van der Waals surface area contributed by atoms with Crippen molar-refractivity contribution in [3.63, 3.8) is 0 Å². The fraction of sp³-hybridized carbons (Fsp3) is 0.429. The number of ether oxygens (including phenoxy) is 1. The first-order chi connectivity index (χ1) is 9.35. The highest BCUT2D eigenvalue weighted by molar-refractivity contribution is 7.99. The molecule has 108 valence electrons. The molecule has 0 spiro atoms. The van der Waals surface area contributed by atoms with Crippen LogP contribution in [0.3, 0.4) is 0 Å². The predicted octanol–water partition coefficient (Wildman–Crippen LogP) is 2.62. The zero-order valence-electron chi connectivity index (χ0n) is 11.7. The molecule has 0 bridgehead atoms. The van der Waals surface area contributed by atoms with Crippen LogP contribution in [0.2, 0.25) is 0 Å². The highest BCUT2D eigenvalue weighted by Gasteiger charge is 2.27. The Balaban J connectivity index is 2.02. The predicted molar refractivity (Wildman–Crippen MR) is 79.0 cm³/mol. The number of hydrogen-bond acceptors (Lipinski definition) is 4. The van der Waals surface area contributed by atoms with Crippen molar-refractivity contribution in [3.05, 3.63) is 24.3 Å². The van der Waals surface area contributed by atoms with Gasteiger partial charge in [0.2, 0.25) is 5.91 Å². The summed E-state index contributed by atoms with van der Waals surface area (Å²) < 4.78 is 5.17. The molecule has 5 nitrogen and oxygen atoms in total. The normalized spacial score (nSPS) is 18.6. The molecule has 1 aliphatic heterocycles. The minimum atomic E-state index is -0.609. The minimum absolute atomic E-state index is 0.228. The lowest BCUT2D eigenvalue weighted by Crippen LogP contribution is -2.46. The van der Waals surface area contributed by atoms with Crippen LogP contribution in [-0.2, 0) is 9.53 Å². The van der Waals surface area contributed by atoms with E-state index in [0.717, 1.165) is 10.6 Å². The first-order valence-corrected chi connectivity index (χ1v) is 7.36. The Morgan fingerprint density at radius 2 is 2.10 bits per heavy atom. The van der Waals surface area contributed by atoms with E-state index in [4.69, 9.17) is 4.74 Å². The zero-order valence-corrected chi connectivity index (χ0v) is 12.5. The van der Waals surface area contributed by atoms with Gasteiger partial charge in [-0.1, -0.05) is 12.1 Å². The first kappa shape index (κ1) is 14.7. The smallest absolute Gasteiger partial charge is 0.408 e. The molecule has 2 amide bonds. The quantitative estimate of drug-likeness (QED) is 0.835. The Kier molecular flexibility index (Phi) is 4.23. The summed E-state index contributed by atoms with van der Waals surface area (Å²) in [6.07, 6.45) is -0.579. The van der Waals surface area contributed by atoms with E-state index in [9.17, 15) is 9.59 Å². The summed E-state index contributed by atoms with van der Waals surface area (Å²) in [5.74, 6) is 0.246. The molecule has 0 radical (unpaired) electrons. The van der Waals surface area contributed by atoms with Gasteiger partial charge < -0.3 is 15.4 Å². The van der Waals surface area contributed by atoms with E-state index in [-0.39, 0.29) is 5.91 Å². The van der Waals surface area contributed by atoms with Gasteiger partial charge in [-0.15, -0.1) is 11.8 Å². The number of carbonyl (C=O) groups is 2. The van der Waals surface area contributed by atoms with Crippen molar-refractivity contribution in [3.8, 4) is 0 Å². The van der Waals surface area contributed by atoms with Crippen molar-refractivity contribution in [2.24, 2.45) is 0 Å². The SMILES string of the molecule is CC(C)(C)OC(=O)NC1CSc2ccccc2NC1=O. The summed E-state index contributed by atoms with van der Waals surface area (Å²) in [5.41, 5.74) is 0.192. The minimum Gasteiger partial charge on any atom is -0.444 e. The second-order valence-corrected chi connectivity index (χ2v) is 6.56. The molecule has 1 aromatic rings. The van der Waals surface area contributed by atoms with Crippen LogP contribution in [0.25, 0.3) is 0 Å². The average Bonchev–Trinajstić information content (AvgIpc) is 2.47. The van der Waals surface area contributed by atoms with Gasteiger partial charge in [-0.05, 0) is 32.9 Å². The van der Waals surface area contributed by atoms with E-state index in [1.54, 1.807) is 20.8 Å². The van der Waals surface area contributed by atoms with E-state index in [2.05, 4.69) is 10.6 Å². The van der Waals surface area contributed by atoms with Crippen LogP contribution < -0.4 is 10.6 Å². The Hall–Kier alpha value is -1.69. The molecule has 0 fully saturated rings. The van der Waals surface area contributed by atoms with E-state index in [1.165, 1.54) is 11.8 Å². The van der Waals surface area contributed by atoms with Gasteiger partial charge in [-0.25, -0.2) is 4.79 Å². The Bertz CT molecular complexity index is 525. The van der Waals surface area contributed by atoms with Crippen molar-refractivity contribution in [2.45, 2.75) is 37.3 Å². The first-order valence-electron chi connectivity index (χ1n) is 6.37. The number of thioether (sulfide) groups is 1. The molecular weight excluding hydrogens is 276 g/mol. The fourth-order valence-corrected chi connectivity index (χ4v) is 2.75. The molecule has 0 saturated carbocycles. The van der Waals surface area contributed by atoms with Gasteiger partial charge in [0.1, 0.15) is 11.6 Å². The standard InChI is InChI=1S/C14H18N2O3S/c1-14(2,3)19-13(18)16-10-8-20-11-7-5-4-6-9(11)15-12(10)17/h4-7,10H,8H2,1-3H3,(H,15,17)(H,16,18). The zero-order chi connectivity index (χ0) is 14.8. The molecule has 1 unspecified atom stereocenters. The van der Waals surface area contributed by atoms with Crippen molar-refractivity contribution in [2.75, 3.05) is 11.1 Å². The molecule has 20 heavy (non-hydrogen) atoms. The van der Waals surface area contributed by atoms with E-state index in [1.807, 2.05) is 24.3 Å². The summed E-state index contributed by atoms with van der Waals surface area (Å²) in [6.45, 7) is 5.35. The highest BCUT2D eigenvalue weighted by atomic mass is 32.2. The number of rotatable bonds is 1. The van der Waals surface area contributed by atoms with E-state index >= 15 is 0 Å². The molecule has 1 aromatic carbocycles. The van der Waals surface area contributed by atoms with Crippen LogP contribution in [0.1, 0.15) is 20.8 Å². The summed E-state index contributed by atoms with van der Waals surface area (Å²) >= 11 is 1.53. The second-order valence-electron chi connectivity index (χ2n) is 5.50. The maximum absolute atomic E-state index is 12.1. The van der Waals surface area contributed by atoms with Gasteiger partial charge in [0.05, 0.1) is 5.69 Å². The number of nitrogens with one attached hydrogen (secondary N) is 2. The van der Waals surface area contributed by atoms with Crippen LogP contribution >= 0.6 is 11.8 Å². The van der Waals surface area contributed by atoms with Crippen molar-refractivity contribution < 1.29 is 14.3 Å². The molecule has 2 N–H and O–H groups in total. The number of carbonyl (C=O) groups excluding carboxylic acids is 2. The molecule has 1 heterocycles. The van der Waals surface area contributed by atoms with Crippen LogP contribution in [0.4, 0.5) is 10.5 Å². The van der Waals surface area contributed by atoms with Gasteiger partial charge in [0.15, 0.2) is 0 Å². The average molecular weight is 294 g/mol.